The lowest BCUT2D eigenvalue weighted by molar-refractivity contribution is 0.448. The van der Waals surface area contributed by atoms with Gasteiger partial charge in [-0.1, -0.05) is 83.9 Å². The Morgan fingerprint density at radius 1 is 0.828 bits per heavy atom. The normalized spacial score (nSPS) is 10.8. The first-order valence-corrected chi connectivity index (χ1v) is 9.68. The predicted molar refractivity (Wildman–Crippen MR) is 117 cm³/mol. The maximum Gasteiger partial charge on any atom is 0.257 e. The van der Waals surface area contributed by atoms with E-state index in [1.165, 1.54) is 4.57 Å². The summed E-state index contributed by atoms with van der Waals surface area (Å²) in [6.07, 6.45) is 0. The van der Waals surface area contributed by atoms with Gasteiger partial charge in [0, 0.05) is 0 Å². The topological polar surface area (TPSA) is 55.1 Å². The minimum atomic E-state index is -0.393. The lowest BCUT2D eigenvalue weighted by atomic mass is 10.0. The summed E-state index contributed by atoms with van der Waals surface area (Å²) in [4.78, 5) is 16.8. The second-order valence-electron chi connectivity index (χ2n) is 6.52. The zero-order chi connectivity index (χ0) is 20.4. The molecule has 0 saturated heterocycles. The third-order valence-corrected chi connectivity index (χ3v) is 5.21. The molecular weight excluding hydrogens is 407 g/mol. The van der Waals surface area contributed by atoms with Gasteiger partial charge in [-0.05, 0) is 28.8 Å². The number of hydrogen-bond acceptors (Lipinski definition) is 3. The van der Waals surface area contributed by atoms with Crippen molar-refractivity contribution in [2.24, 2.45) is 0 Å². The summed E-state index contributed by atoms with van der Waals surface area (Å²) < 4.78 is 1.45. The summed E-state index contributed by atoms with van der Waals surface area (Å²) in [7, 11) is 0. The third kappa shape index (κ3) is 4.04. The quantitative estimate of drug-likeness (QED) is 0.462. The van der Waals surface area contributed by atoms with Crippen LogP contribution in [0.4, 0.5) is 0 Å². The summed E-state index contributed by atoms with van der Waals surface area (Å²) in [6.45, 7) is 0.262. The van der Waals surface area contributed by atoms with Crippen LogP contribution in [0.2, 0.25) is 10.0 Å². The van der Waals surface area contributed by atoms with Crippen molar-refractivity contribution >= 4 is 23.2 Å². The van der Waals surface area contributed by atoms with E-state index in [0.29, 0.717) is 15.6 Å². The smallest absolute Gasteiger partial charge is 0.257 e. The van der Waals surface area contributed by atoms with Crippen LogP contribution in [0.1, 0.15) is 5.56 Å². The van der Waals surface area contributed by atoms with Gasteiger partial charge in [-0.25, -0.2) is 0 Å². The van der Waals surface area contributed by atoms with Crippen LogP contribution in [0.25, 0.3) is 22.5 Å². The van der Waals surface area contributed by atoms with Gasteiger partial charge >= 0.3 is 0 Å². The summed E-state index contributed by atoms with van der Waals surface area (Å²) in [6, 6.07) is 24.1. The van der Waals surface area contributed by atoms with Crippen LogP contribution in [-0.4, -0.2) is 14.7 Å². The first-order chi connectivity index (χ1) is 14.0. The molecule has 0 amide bonds. The van der Waals surface area contributed by atoms with Crippen molar-refractivity contribution in [2.45, 2.75) is 6.54 Å². The van der Waals surface area contributed by atoms with Crippen LogP contribution < -0.4 is 5.56 Å². The fourth-order valence-electron chi connectivity index (χ4n) is 3.16. The molecule has 4 nitrogen and oxygen atoms in total. The molecule has 0 spiro atoms. The molecular formula is C23H16Cl2N2O2. The van der Waals surface area contributed by atoms with E-state index < -0.39 is 5.56 Å². The van der Waals surface area contributed by atoms with E-state index in [1.54, 1.807) is 18.2 Å². The van der Waals surface area contributed by atoms with Crippen LogP contribution >= 0.6 is 23.2 Å². The van der Waals surface area contributed by atoms with E-state index in [0.717, 1.165) is 22.8 Å². The van der Waals surface area contributed by atoms with Crippen molar-refractivity contribution < 1.29 is 5.11 Å². The van der Waals surface area contributed by atoms with Crippen LogP contribution in [0.5, 0.6) is 5.88 Å². The predicted octanol–water partition coefficient (Wildman–Crippen LogP) is 5.64. The average molecular weight is 423 g/mol. The molecule has 4 aromatic rings. The standard InChI is InChI=1S/C23H16Cl2N2O2/c24-18-7-4-8-19(25)22(18)23-26-20(28)13-21(29)27(23)14-15-9-11-17(12-10-15)16-5-2-1-3-6-16/h1-13,28H,14H2. The number of nitrogens with zero attached hydrogens (tertiary/aromatic N) is 2. The maximum absolute atomic E-state index is 12.6. The molecule has 0 saturated carbocycles. The molecule has 0 aliphatic rings. The van der Waals surface area contributed by atoms with Gasteiger partial charge in [0.15, 0.2) is 0 Å². The van der Waals surface area contributed by atoms with Gasteiger partial charge in [-0.15, -0.1) is 0 Å². The number of aromatic hydroxyl groups is 1. The Hall–Kier alpha value is -3.08. The number of hydrogen-bond donors (Lipinski definition) is 1. The van der Waals surface area contributed by atoms with E-state index in [4.69, 9.17) is 23.2 Å². The molecule has 0 fully saturated rings. The molecule has 3 aromatic carbocycles. The van der Waals surface area contributed by atoms with Gasteiger partial charge in [-0.3, -0.25) is 9.36 Å². The molecule has 1 N–H and O–H groups in total. The molecule has 144 valence electrons. The van der Waals surface area contributed by atoms with Crippen LogP contribution in [0.3, 0.4) is 0 Å². The van der Waals surface area contributed by atoms with Crippen LogP contribution in [0.15, 0.2) is 83.7 Å². The first kappa shape index (κ1) is 19.2. The summed E-state index contributed by atoms with van der Waals surface area (Å²) in [5, 5.41) is 10.6. The van der Waals surface area contributed by atoms with E-state index >= 15 is 0 Å². The zero-order valence-electron chi connectivity index (χ0n) is 15.2. The van der Waals surface area contributed by atoms with E-state index in [-0.39, 0.29) is 18.2 Å². The lowest BCUT2D eigenvalue weighted by Crippen LogP contribution is -2.23. The lowest BCUT2D eigenvalue weighted by Gasteiger charge is -2.15. The SMILES string of the molecule is O=c1cc(O)nc(-c2c(Cl)cccc2Cl)n1Cc1ccc(-c2ccccc2)cc1. The fourth-order valence-corrected chi connectivity index (χ4v) is 3.73. The summed E-state index contributed by atoms with van der Waals surface area (Å²) in [5.41, 5.74) is 3.12. The summed E-state index contributed by atoms with van der Waals surface area (Å²) >= 11 is 12.6. The minimum absolute atomic E-state index is 0.220. The second-order valence-corrected chi connectivity index (χ2v) is 7.34. The summed E-state index contributed by atoms with van der Waals surface area (Å²) in [5.74, 6) is -0.158. The number of rotatable bonds is 4. The Morgan fingerprint density at radius 3 is 2.10 bits per heavy atom. The molecule has 0 unspecified atom stereocenters. The molecule has 29 heavy (non-hydrogen) atoms. The van der Waals surface area contributed by atoms with Crippen molar-refractivity contribution in [3.63, 3.8) is 0 Å². The largest absolute Gasteiger partial charge is 0.493 e. The highest BCUT2D eigenvalue weighted by Crippen LogP contribution is 2.33. The number of aromatic nitrogens is 2. The Labute approximate surface area is 177 Å². The fraction of sp³-hybridized carbons (Fsp3) is 0.0435. The van der Waals surface area contributed by atoms with Gasteiger partial charge < -0.3 is 5.11 Å². The van der Waals surface area contributed by atoms with Crippen molar-refractivity contribution in [1.29, 1.82) is 0 Å². The van der Waals surface area contributed by atoms with Crippen LogP contribution in [0, 0.1) is 0 Å². The van der Waals surface area contributed by atoms with Crippen molar-refractivity contribution in [3.05, 3.63) is 105 Å². The van der Waals surface area contributed by atoms with Gasteiger partial charge in [0.1, 0.15) is 5.82 Å². The van der Waals surface area contributed by atoms with E-state index in [2.05, 4.69) is 4.98 Å². The monoisotopic (exact) mass is 422 g/mol. The number of benzene rings is 3. The Bertz CT molecular complexity index is 1200. The first-order valence-electron chi connectivity index (χ1n) is 8.92. The van der Waals surface area contributed by atoms with E-state index in [9.17, 15) is 9.90 Å². The third-order valence-electron chi connectivity index (χ3n) is 4.58. The molecule has 1 aromatic heterocycles. The Morgan fingerprint density at radius 2 is 1.45 bits per heavy atom. The Balaban J connectivity index is 1.75. The number of halogens is 2. The molecule has 0 bridgehead atoms. The van der Waals surface area contributed by atoms with Gasteiger partial charge in [0.05, 0.1) is 28.2 Å². The minimum Gasteiger partial charge on any atom is -0.493 e. The molecule has 0 radical (unpaired) electrons. The highest BCUT2D eigenvalue weighted by Gasteiger charge is 2.17. The molecule has 4 rings (SSSR count). The second kappa shape index (κ2) is 8.11. The molecule has 1 heterocycles. The Kier molecular flexibility index (Phi) is 5.38. The molecule has 0 atom stereocenters. The van der Waals surface area contributed by atoms with Crippen LogP contribution in [-0.2, 0) is 6.54 Å². The molecule has 0 aliphatic carbocycles. The molecule has 6 heteroatoms. The van der Waals surface area contributed by atoms with Gasteiger partial charge in [-0.2, -0.15) is 4.98 Å². The maximum atomic E-state index is 12.6. The zero-order valence-corrected chi connectivity index (χ0v) is 16.7. The van der Waals surface area contributed by atoms with Gasteiger partial charge in [0.2, 0.25) is 5.88 Å². The van der Waals surface area contributed by atoms with Crippen molar-refractivity contribution in [2.75, 3.05) is 0 Å². The van der Waals surface area contributed by atoms with E-state index in [1.807, 2.05) is 54.6 Å². The van der Waals surface area contributed by atoms with Gasteiger partial charge in [0.25, 0.3) is 5.56 Å². The molecule has 0 aliphatic heterocycles. The average Bonchev–Trinajstić information content (AvgIpc) is 2.71. The van der Waals surface area contributed by atoms with Crippen molar-refractivity contribution in [3.8, 4) is 28.4 Å². The van der Waals surface area contributed by atoms with Crippen molar-refractivity contribution in [1.82, 2.24) is 9.55 Å². The highest BCUT2D eigenvalue weighted by molar-refractivity contribution is 6.39. The highest BCUT2D eigenvalue weighted by atomic mass is 35.5.